The Labute approximate surface area is 227 Å². The molecule has 0 saturated carbocycles. The number of imidazole rings is 1. The minimum atomic E-state index is 0. The van der Waals surface area contributed by atoms with Crippen molar-refractivity contribution in [1.82, 2.24) is 14.5 Å². The number of hydrogen-bond donors (Lipinski definition) is 2. The predicted molar refractivity (Wildman–Crippen MR) is 139 cm³/mol. The number of rotatable bonds is 3. The molecule has 0 atom stereocenters. The molecule has 0 aliphatic rings. The van der Waals surface area contributed by atoms with Crippen LogP contribution in [-0.2, 0) is 19.5 Å². The molecule has 0 amide bonds. The van der Waals surface area contributed by atoms with Gasteiger partial charge in [-0.25, -0.2) is 9.97 Å². The Hall–Kier alpha value is -4.39. The Balaban J connectivity index is 0.000000219. The Morgan fingerprint density at radius 2 is 1.38 bits per heavy atom. The molecule has 0 unspecified atom stereocenters. The van der Waals surface area contributed by atoms with E-state index in [0.29, 0.717) is 5.69 Å². The van der Waals surface area contributed by atoms with Gasteiger partial charge in [-0.1, -0.05) is 48.5 Å². The van der Waals surface area contributed by atoms with Crippen molar-refractivity contribution in [3.8, 4) is 34.2 Å². The van der Waals surface area contributed by atoms with Gasteiger partial charge >= 0.3 is 0 Å². The summed E-state index contributed by atoms with van der Waals surface area (Å²) in [5, 5.41) is 19.6. The fourth-order valence-electron chi connectivity index (χ4n) is 3.86. The Morgan fingerprint density at radius 3 is 2.11 bits per heavy atom. The van der Waals surface area contributed by atoms with Crippen LogP contribution in [0, 0.1) is 0 Å². The third-order valence-corrected chi connectivity index (χ3v) is 5.49. The van der Waals surface area contributed by atoms with Crippen LogP contribution in [-0.4, -0.2) is 30.3 Å². The zero-order chi connectivity index (χ0) is 24.0. The van der Waals surface area contributed by atoms with Crippen molar-refractivity contribution in [3.05, 3.63) is 128 Å². The zero-order valence-electron chi connectivity index (χ0n) is 20.0. The van der Waals surface area contributed by atoms with Crippen LogP contribution in [0.25, 0.3) is 39.5 Å². The largest absolute Gasteiger partial charge is 0.507 e. The molecule has 0 saturated heterocycles. The molecule has 37 heavy (non-hydrogen) atoms. The average Bonchev–Trinajstić information content (AvgIpc) is 3.30. The molecular formula is C29H25N4O3Zn+. The van der Waals surface area contributed by atoms with E-state index in [1.165, 1.54) is 0 Å². The van der Waals surface area contributed by atoms with E-state index in [4.69, 9.17) is 4.98 Å². The van der Waals surface area contributed by atoms with Crippen molar-refractivity contribution < 1.29 is 40.0 Å². The quantitative estimate of drug-likeness (QED) is 0.189. The average molecular weight is 543 g/mol. The van der Waals surface area contributed by atoms with E-state index in [2.05, 4.69) is 9.55 Å². The van der Waals surface area contributed by atoms with E-state index in [1.807, 2.05) is 103 Å². The van der Waals surface area contributed by atoms with Gasteiger partial charge in [0.1, 0.15) is 17.3 Å². The van der Waals surface area contributed by atoms with E-state index in [9.17, 15) is 10.3 Å². The number of phenolic OH excluding ortho intramolecular Hbond substituents is 1. The van der Waals surface area contributed by atoms with Crippen LogP contribution < -0.4 is 4.73 Å². The van der Waals surface area contributed by atoms with Crippen molar-refractivity contribution in [2.45, 2.75) is 0 Å². The molecule has 180 valence electrons. The van der Waals surface area contributed by atoms with Crippen LogP contribution >= 0.6 is 0 Å². The van der Waals surface area contributed by atoms with Gasteiger partial charge in [0.25, 0.3) is 5.69 Å². The Bertz CT molecular complexity index is 1570. The zero-order valence-corrected chi connectivity index (χ0v) is 23.0. The molecule has 6 rings (SSSR count). The topological polar surface area (TPSA) is 107 Å². The van der Waals surface area contributed by atoms with Crippen LogP contribution in [0.1, 0.15) is 0 Å². The summed E-state index contributed by atoms with van der Waals surface area (Å²) in [6, 6.07) is 36.3. The molecule has 6 aromatic rings. The smallest absolute Gasteiger partial charge is 0.282 e. The van der Waals surface area contributed by atoms with Crippen LogP contribution in [0.3, 0.4) is 0 Å². The van der Waals surface area contributed by atoms with E-state index in [0.717, 1.165) is 38.5 Å². The first kappa shape index (κ1) is 27.2. The van der Waals surface area contributed by atoms with Gasteiger partial charge in [-0.3, -0.25) is 9.77 Å². The summed E-state index contributed by atoms with van der Waals surface area (Å²) in [5.74, 6) is 0.973. The maximum Gasteiger partial charge on any atom is 0.282 e. The van der Waals surface area contributed by atoms with Gasteiger partial charge in [-0.15, -0.1) is 0 Å². The molecule has 3 aromatic heterocycles. The van der Waals surface area contributed by atoms with E-state index in [-0.39, 0.29) is 30.7 Å². The van der Waals surface area contributed by atoms with Crippen LogP contribution in [0.15, 0.2) is 128 Å². The van der Waals surface area contributed by atoms with Crippen molar-refractivity contribution >= 4 is 11.0 Å². The number of phenols is 1. The molecule has 0 aliphatic heterocycles. The number of benzene rings is 3. The Morgan fingerprint density at radius 1 is 0.703 bits per heavy atom. The fourth-order valence-corrected chi connectivity index (χ4v) is 3.86. The van der Waals surface area contributed by atoms with Gasteiger partial charge in [-0.2, -0.15) is 0 Å². The standard InChI is InChI=1S/C19H14N2O.C10H9N2O.H2O.Zn/c22-18-13-7-4-10-15(18)19-20-16-11-5-6-12-17(16)21(19)14-8-2-1-3-9-14;13-12-8-4-2-6-10(12)9-5-1-3-7-11-9;;/h1-13,22H;1-8,13H;1H2;/q;+1;;. The van der Waals surface area contributed by atoms with Gasteiger partial charge < -0.3 is 10.6 Å². The van der Waals surface area contributed by atoms with E-state index < -0.39 is 0 Å². The van der Waals surface area contributed by atoms with Crippen LogP contribution in [0.2, 0.25) is 0 Å². The van der Waals surface area contributed by atoms with E-state index in [1.54, 1.807) is 24.5 Å². The molecule has 0 fully saturated rings. The first-order valence-corrected chi connectivity index (χ1v) is 11.1. The maximum absolute atomic E-state index is 10.2. The molecule has 0 spiro atoms. The molecule has 7 nitrogen and oxygen atoms in total. The second kappa shape index (κ2) is 12.5. The first-order valence-electron chi connectivity index (χ1n) is 11.1. The van der Waals surface area contributed by atoms with Crippen molar-refractivity contribution in [3.63, 3.8) is 0 Å². The monoisotopic (exact) mass is 541 g/mol. The molecule has 3 heterocycles. The number of fused-ring (bicyclic) bond motifs is 1. The summed E-state index contributed by atoms with van der Waals surface area (Å²) in [6.45, 7) is 0. The molecular weight excluding hydrogens is 518 g/mol. The van der Waals surface area contributed by atoms with Gasteiger partial charge in [0.2, 0.25) is 6.20 Å². The molecule has 0 bridgehead atoms. The van der Waals surface area contributed by atoms with Gasteiger partial charge in [0.15, 0.2) is 0 Å². The van der Waals surface area contributed by atoms with Gasteiger partial charge in [0.05, 0.1) is 16.6 Å². The second-order valence-electron chi connectivity index (χ2n) is 7.76. The SMILES string of the molecule is O.O[n+]1ccccc1-c1ccccn1.Oc1ccccc1-c1nc2ccccc2n1-c1ccccc1.[Zn]. The Kier molecular flexibility index (Phi) is 9.22. The molecule has 8 heteroatoms. The number of pyridine rings is 2. The molecule has 3 aromatic carbocycles. The van der Waals surface area contributed by atoms with Crippen molar-refractivity contribution in [1.29, 1.82) is 0 Å². The van der Waals surface area contributed by atoms with Gasteiger partial charge in [0, 0.05) is 48.2 Å². The minimum absolute atomic E-state index is 0. The van der Waals surface area contributed by atoms with E-state index >= 15 is 0 Å². The van der Waals surface area contributed by atoms with Crippen LogP contribution in [0.4, 0.5) is 0 Å². The molecule has 0 aliphatic carbocycles. The predicted octanol–water partition coefficient (Wildman–Crippen LogP) is 4.84. The fraction of sp³-hybridized carbons (Fsp3) is 0. The number of para-hydroxylation sites is 4. The summed E-state index contributed by atoms with van der Waals surface area (Å²) in [7, 11) is 0. The van der Waals surface area contributed by atoms with Gasteiger partial charge in [-0.05, 0) is 54.6 Å². The normalized spacial score (nSPS) is 9.95. The third kappa shape index (κ3) is 5.89. The van der Waals surface area contributed by atoms with Crippen molar-refractivity contribution in [2.75, 3.05) is 0 Å². The maximum atomic E-state index is 10.2. The first-order chi connectivity index (χ1) is 17.2. The minimum Gasteiger partial charge on any atom is -0.507 e. The molecule has 4 N–H and O–H groups in total. The number of aromatic nitrogens is 4. The summed E-state index contributed by atoms with van der Waals surface area (Å²) in [6.07, 6.45) is 3.27. The summed E-state index contributed by atoms with van der Waals surface area (Å²) in [4.78, 5) is 8.85. The third-order valence-electron chi connectivity index (χ3n) is 5.49. The second-order valence-corrected chi connectivity index (χ2v) is 7.76. The van der Waals surface area contributed by atoms with Crippen LogP contribution in [0.5, 0.6) is 5.75 Å². The summed E-state index contributed by atoms with van der Waals surface area (Å²) >= 11 is 0. The number of aromatic hydroxyl groups is 1. The molecule has 0 radical (unpaired) electrons. The summed E-state index contributed by atoms with van der Waals surface area (Å²) < 4.78 is 3.13. The summed E-state index contributed by atoms with van der Waals surface area (Å²) in [5.41, 5.74) is 5.11. The van der Waals surface area contributed by atoms with Crippen molar-refractivity contribution in [2.24, 2.45) is 0 Å². The number of nitrogens with zero attached hydrogens (tertiary/aromatic N) is 4. The number of hydrogen-bond acceptors (Lipinski definition) is 4.